The Balaban J connectivity index is 1.52. The lowest BCUT2D eigenvalue weighted by atomic mass is 10.2. The van der Waals surface area contributed by atoms with Crippen LogP contribution in [0.3, 0.4) is 0 Å². The van der Waals surface area contributed by atoms with E-state index < -0.39 is 20.5 Å². The first-order chi connectivity index (χ1) is 14.2. The zero-order valence-corrected chi connectivity index (χ0v) is 18.0. The number of benzene rings is 2. The summed E-state index contributed by atoms with van der Waals surface area (Å²) in [5.41, 5.74) is 2.29. The zero-order valence-electron chi connectivity index (χ0n) is 15.5. The number of hydrogen-bond donors (Lipinski definition) is 2. The van der Waals surface area contributed by atoms with E-state index in [1.54, 1.807) is 0 Å². The van der Waals surface area contributed by atoms with E-state index in [1.807, 2.05) is 31.2 Å². The number of aromatic nitrogens is 2. The van der Waals surface area contributed by atoms with Gasteiger partial charge in [0.1, 0.15) is 0 Å². The third kappa shape index (κ3) is 5.74. The maximum atomic E-state index is 12.5. The number of rotatable bonds is 8. The van der Waals surface area contributed by atoms with E-state index in [1.165, 1.54) is 35.2 Å². The molecule has 3 rings (SSSR count). The molecule has 2 aromatic carbocycles. The largest absolute Gasteiger partial charge is 0.341 e. The Morgan fingerprint density at radius 3 is 2.53 bits per heavy atom. The Morgan fingerprint density at radius 1 is 1.13 bits per heavy atom. The lowest BCUT2D eigenvalue weighted by Crippen LogP contribution is -2.14. The van der Waals surface area contributed by atoms with Gasteiger partial charge in [-0.3, -0.25) is 4.79 Å². The minimum absolute atomic E-state index is 0.0517. The lowest BCUT2D eigenvalue weighted by molar-refractivity contribution is -0.113. The molecule has 0 aliphatic heterocycles. The second kappa shape index (κ2) is 9.49. The van der Waals surface area contributed by atoms with Gasteiger partial charge in [0.25, 0.3) is 0 Å². The fourth-order valence-electron chi connectivity index (χ4n) is 2.32. The van der Waals surface area contributed by atoms with Crippen molar-refractivity contribution in [2.75, 3.05) is 16.4 Å². The summed E-state index contributed by atoms with van der Waals surface area (Å²) >= 11 is 2.49. The summed E-state index contributed by atoms with van der Waals surface area (Å²) in [5.74, 6) is -3.80. The summed E-state index contributed by atoms with van der Waals surface area (Å²) in [6, 6.07) is 12.4. The summed E-state index contributed by atoms with van der Waals surface area (Å²) in [7, 11) is -4.66. The number of aryl methyl sites for hydroxylation is 1. The number of halogens is 2. The van der Waals surface area contributed by atoms with Crippen LogP contribution in [0.25, 0.3) is 0 Å². The van der Waals surface area contributed by atoms with E-state index >= 15 is 0 Å². The Hall–Kier alpha value is -2.57. The van der Waals surface area contributed by atoms with Gasteiger partial charge in [0, 0.05) is 11.4 Å². The van der Waals surface area contributed by atoms with Gasteiger partial charge in [0.2, 0.25) is 20.9 Å². The van der Waals surface area contributed by atoms with Gasteiger partial charge >= 0.3 is 5.76 Å². The van der Waals surface area contributed by atoms with Crippen LogP contribution in [0, 0.1) is 6.92 Å². The number of hydrogen-bond acceptors (Lipinski definition) is 8. The van der Waals surface area contributed by atoms with Crippen molar-refractivity contribution in [2.45, 2.75) is 21.9 Å². The number of sulfone groups is 1. The van der Waals surface area contributed by atoms with Crippen LogP contribution in [0.4, 0.5) is 25.3 Å². The van der Waals surface area contributed by atoms with Crippen molar-refractivity contribution in [1.82, 2.24) is 10.2 Å². The number of amides is 1. The van der Waals surface area contributed by atoms with Crippen molar-refractivity contribution in [3.05, 3.63) is 54.1 Å². The molecular weight excluding hydrogens is 454 g/mol. The molecule has 0 saturated heterocycles. The van der Waals surface area contributed by atoms with Gasteiger partial charge in [-0.05, 0) is 48.9 Å². The van der Waals surface area contributed by atoms with Crippen molar-refractivity contribution >= 4 is 55.3 Å². The second-order valence-electron chi connectivity index (χ2n) is 6.03. The predicted molar refractivity (Wildman–Crippen MR) is 113 cm³/mol. The Kier molecular flexibility index (Phi) is 7.00. The minimum atomic E-state index is -4.66. The summed E-state index contributed by atoms with van der Waals surface area (Å²) in [6.45, 7) is 1.98. The maximum absolute atomic E-state index is 12.5. The van der Waals surface area contributed by atoms with E-state index in [2.05, 4.69) is 20.8 Å². The molecule has 1 amide bonds. The smallest absolute Gasteiger partial charge is 0.330 e. The summed E-state index contributed by atoms with van der Waals surface area (Å²) in [6.07, 6.45) is 0. The molecule has 1 aromatic heterocycles. The Morgan fingerprint density at radius 2 is 1.87 bits per heavy atom. The van der Waals surface area contributed by atoms with Crippen LogP contribution in [0.15, 0.2) is 57.8 Å². The first-order valence-electron chi connectivity index (χ1n) is 8.46. The van der Waals surface area contributed by atoms with E-state index in [9.17, 15) is 22.0 Å². The van der Waals surface area contributed by atoms with Crippen molar-refractivity contribution in [3.63, 3.8) is 0 Å². The van der Waals surface area contributed by atoms with Gasteiger partial charge in [0.15, 0.2) is 4.34 Å². The fourth-order valence-corrected chi connectivity index (χ4v) is 4.61. The number of carbonyl (C=O) groups excluding carboxylic acids is 1. The van der Waals surface area contributed by atoms with Gasteiger partial charge < -0.3 is 10.6 Å². The number of nitrogens with one attached hydrogen (secondary N) is 2. The quantitative estimate of drug-likeness (QED) is 0.473. The van der Waals surface area contributed by atoms with Crippen LogP contribution in [0.2, 0.25) is 0 Å². The molecule has 1 heterocycles. The first-order valence-corrected chi connectivity index (χ1v) is 11.8. The first kappa shape index (κ1) is 22.1. The number of carbonyl (C=O) groups is 1. The monoisotopic (exact) mass is 470 g/mol. The van der Waals surface area contributed by atoms with E-state index in [0.29, 0.717) is 15.2 Å². The normalized spacial score (nSPS) is 11.5. The number of alkyl halides is 2. The summed E-state index contributed by atoms with van der Waals surface area (Å²) < 4.78 is 48.5. The SMILES string of the molecule is Cc1cccc(Nc2nnc(SCC(=O)Nc3ccc(S(=O)(=O)C(F)F)cc3)s2)c1. The van der Waals surface area contributed by atoms with Gasteiger partial charge in [-0.15, -0.1) is 10.2 Å². The van der Waals surface area contributed by atoms with Crippen LogP contribution < -0.4 is 10.6 Å². The molecule has 30 heavy (non-hydrogen) atoms. The summed E-state index contributed by atoms with van der Waals surface area (Å²) in [5, 5.41) is 14.4. The molecule has 0 atom stereocenters. The van der Waals surface area contributed by atoms with E-state index in [4.69, 9.17) is 0 Å². The molecule has 12 heteroatoms. The molecule has 0 spiro atoms. The van der Waals surface area contributed by atoms with Crippen LogP contribution in [-0.4, -0.2) is 36.0 Å². The highest BCUT2D eigenvalue weighted by atomic mass is 32.2. The molecule has 0 bridgehead atoms. The molecule has 158 valence electrons. The molecule has 0 aliphatic carbocycles. The molecule has 7 nitrogen and oxygen atoms in total. The van der Waals surface area contributed by atoms with Crippen LogP contribution in [0.5, 0.6) is 0 Å². The van der Waals surface area contributed by atoms with Gasteiger partial charge in [-0.2, -0.15) is 8.78 Å². The van der Waals surface area contributed by atoms with Crippen LogP contribution >= 0.6 is 23.1 Å². The van der Waals surface area contributed by atoms with E-state index in [0.717, 1.165) is 23.4 Å². The second-order valence-corrected chi connectivity index (χ2v) is 10.2. The van der Waals surface area contributed by atoms with Crippen molar-refractivity contribution in [3.8, 4) is 0 Å². The van der Waals surface area contributed by atoms with Gasteiger partial charge in [-0.1, -0.05) is 35.2 Å². The van der Waals surface area contributed by atoms with Crippen molar-refractivity contribution in [1.29, 1.82) is 0 Å². The molecule has 0 fully saturated rings. The minimum Gasteiger partial charge on any atom is -0.330 e. The summed E-state index contributed by atoms with van der Waals surface area (Å²) in [4.78, 5) is 11.6. The third-order valence-electron chi connectivity index (χ3n) is 3.70. The molecular formula is C18H16F2N4O3S3. The van der Waals surface area contributed by atoms with Crippen molar-refractivity contribution < 1.29 is 22.0 Å². The van der Waals surface area contributed by atoms with E-state index in [-0.39, 0.29) is 11.7 Å². The predicted octanol–water partition coefficient (Wildman–Crippen LogP) is 4.32. The van der Waals surface area contributed by atoms with Crippen LogP contribution in [0.1, 0.15) is 5.56 Å². The molecule has 2 N–H and O–H groups in total. The van der Waals surface area contributed by atoms with Gasteiger partial charge in [-0.25, -0.2) is 8.42 Å². The molecule has 3 aromatic rings. The topological polar surface area (TPSA) is 101 Å². The number of nitrogens with zero attached hydrogens (tertiary/aromatic N) is 2. The zero-order chi connectivity index (χ0) is 21.7. The molecule has 0 saturated carbocycles. The van der Waals surface area contributed by atoms with Crippen molar-refractivity contribution in [2.24, 2.45) is 0 Å². The third-order valence-corrected chi connectivity index (χ3v) is 7.07. The number of thioether (sulfide) groups is 1. The maximum Gasteiger partial charge on any atom is 0.341 e. The molecule has 0 radical (unpaired) electrons. The highest BCUT2D eigenvalue weighted by Crippen LogP contribution is 2.28. The highest BCUT2D eigenvalue weighted by Gasteiger charge is 2.26. The Bertz CT molecular complexity index is 1140. The fraction of sp³-hybridized carbons (Fsp3) is 0.167. The molecule has 0 aliphatic rings. The average molecular weight is 471 g/mol. The highest BCUT2D eigenvalue weighted by molar-refractivity contribution is 8.01. The van der Waals surface area contributed by atoms with Crippen LogP contribution in [-0.2, 0) is 14.6 Å². The number of anilines is 3. The average Bonchev–Trinajstić information content (AvgIpc) is 3.14. The standard InChI is InChI=1S/C18H16F2N4O3S3/c1-11-3-2-4-13(9-11)22-17-23-24-18(29-17)28-10-15(25)21-12-5-7-14(8-6-12)30(26,27)16(19)20/h2-9,16H,10H2,1H3,(H,21,25)(H,22,23). The molecule has 0 unspecified atom stereocenters. The lowest BCUT2D eigenvalue weighted by Gasteiger charge is -2.06. The van der Waals surface area contributed by atoms with Gasteiger partial charge in [0.05, 0.1) is 10.6 Å². The Labute approximate surface area is 179 Å².